The van der Waals surface area contributed by atoms with Crippen molar-refractivity contribution >= 4 is 30.0 Å². The van der Waals surface area contributed by atoms with E-state index in [9.17, 15) is 14.8 Å². The summed E-state index contributed by atoms with van der Waals surface area (Å²) >= 11 is 0. The van der Waals surface area contributed by atoms with Crippen LogP contribution in [0.4, 0.5) is 5.95 Å². The van der Waals surface area contributed by atoms with Crippen molar-refractivity contribution in [2.45, 2.75) is 19.9 Å². The number of benzene rings is 1. The molecule has 0 aliphatic heterocycles. The molecule has 0 aliphatic carbocycles. The molecular formula is C20H20BN7O3. The molecule has 0 spiro atoms. The van der Waals surface area contributed by atoms with Crippen molar-refractivity contribution in [3.8, 4) is 11.5 Å². The number of hydrogen-bond donors (Lipinski definition) is 4. The van der Waals surface area contributed by atoms with E-state index in [-0.39, 0.29) is 0 Å². The normalized spacial score (nSPS) is 10.9. The number of aromatic nitrogens is 5. The Bertz CT molecular complexity index is 1260. The van der Waals surface area contributed by atoms with Crippen molar-refractivity contribution in [2.24, 2.45) is 5.73 Å². The van der Waals surface area contributed by atoms with Gasteiger partial charge >= 0.3 is 7.12 Å². The molecular weight excluding hydrogens is 397 g/mol. The van der Waals surface area contributed by atoms with Gasteiger partial charge in [-0.15, -0.1) is 0 Å². The summed E-state index contributed by atoms with van der Waals surface area (Å²) < 4.78 is 1.60. The van der Waals surface area contributed by atoms with Crippen LogP contribution in [0.25, 0.3) is 17.0 Å². The number of hydrogen-bond acceptors (Lipinski definition) is 8. The van der Waals surface area contributed by atoms with E-state index in [1.165, 1.54) is 6.33 Å². The quantitative estimate of drug-likeness (QED) is 0.310. The first-order valence-corrected chi connectivity index (χ1v) is 9.66. The SMILES string of the molecule is CCc1nc(NCc2cccc(B(O)O)c2)nc(-c2ncn3c(C(N)=O)cccc23)n1. The van der Waals surface area contributed by atoms with Gasteiger partial charge in [0, 0.05) is 13.0 Å². The van der Waals surface area contributed by atoms with E-state index in [1.54, 1.807) is 34.7 Å². The average molecular weight is 417 g/mol. The Morgan fingerprint density at radius 1 is 1.16 bits per heavy atom. The number of pyridine rings is 1. The predicted octanol–water partition coefficient (Wildman–Crippen LogP) is 0.139. The van der Waals surface area contributed by atoms with E-state index in [0.717, 1.165) is 5.56 Å². The zero-order chi connectivity index (χ0) is 22.0. The number of aryl methyl sites for hydroxylation is 1. The molecule has 0 radical (unpaired) electrons. The highest BCUT2D eigenvalue weighted by Crippen LogP contribution is 2.22. The first-order valence-electron chi connectivity index (χ1n) is 9.66. The largest absolute Gasteiger partial charge is 0.488 e. The molecule has 3 heterocycles. The first-order chi connectivity index (χ1) is 15.0. The Kier molecular flexibility index (Phi) is 5.61. The second-order valence-electron chi connectivity index (χ2n) is 6.85. The fourth-order valence-electron chi connectivity index (χ4n) is 3.20. The molecule has 1 amide bonds. The Morgan fingerprint density at radius 2 is 1.97 bits per heavy atom. The van der Waals surface area contributed by atoms with Crippen LogP contribution in [0.5, 0.6) is 0 Å². The zero-order valence-electron chi connectivity index (χ0n) is 16.7. The van der Waals surface area contributed by atoms with Crippen molar-refractivity contribution < 1.29 is 14.8 Å². The van der Waals surface area contributed by atoms with Gasteiger partial charge < -0.3 is 21.1 Å². The number of anilines is 1. The molecule has 31 heavy (non-hydrogen) atoms. The third-order valence-corrected chi connectivity index (χ3v) is 4.73. The van der Waals surface area contributed by atoms with Gasteiger partial charge in [0.15, 0.2) is 5.82 Å². The van der Waals surface area contributed by atoms with Crippen molar-refractivity contribution in [1.29, 1.82) is 0 Å². The monoisotopic (exact) mass is 417 g/mol. The van der Waals surface area contributed by atoms with Gasteiger partial charge in [0.2, 0.25) is 5.95 Å². The number of amides is 1. The minimum Gasteiger partial charge on any atom is -0.423 e. The molecule has 0 fully saturated rings. The number of nitrogens with zero attached hydrogens (tertiary/aromatic N) is 5. The van der Waals surface area contributed by atoms with Crippen LogP contribution >= 0.6 is 0 Å². The summed E-state index contributed by atoms with van der Waals surface area (Å²) in [5.41, 5.74) is 8.16. The van der Waals surface area contributed by atoms with E-state index in [2.05, 4.69) is 25.3 Å². The third kappa shape index (κ3) is 4.22. The lowest BCUT2D eigenvalue weighted by Crippen LogP contribution is -2.30. The number of nitrogens with one attached hydrogen (secondary N) is 1. The number of rotatable bonds is 7. The molecule has 0 saturated carbocycles. The molecule has 0 unspecified atom stereocenters. The van der Waals surface area contributed by atoms with E-state index in [0.29, 0.717) is 52.9 Å². The van der Waals surface area contributed by atoms with Crippen LogP contribution in [0.3, 0.4) is 0 Å². The molecule has 1 aromatic carbocycles. The highest BCUT2D eigenvalue weighted by Gasteiger charge is 2.16. The lowest BCUT2D eigenvalue weighted by Gasteiger charge is -2.09. The van der Waals surface area contributed by atoms with E-state index < -0.39 is 13.0 Å². The van der Waals surface area contributed by atoms with Gasteiger partial charge in [0.05, 0.1) is 5.52 Å². The summed E-state index contributed by atoms with van der Waals surface area (Å²) in [4.78, 5) is 29.5. The van der Waals surface area contributed by atoms with E-state index >= 15 is 0 Å². The molecule has 3 aromatic heterocycles. The lowest BCUT2D eigenvalue weighted by atomic mass is 9.80. The van der Waals surface area contributed by atoms with Crippen LogP contribution in [-0.4, -0.2) is 47.4 Å². The second-order valence-corrected chi connectivity index (χ2v) is 6.85. The Labute approximate surface area is 178 Å². The van der Waals surface area contributed by atoms with Gasteiger partial charge in [-0.3, -0.25) is 9.20 Å². The summed E-state index contributed by atoms with van der Waals surface area (Å²) in [6.45, 7) is 2.31. The molecule has 4 rings (SSSR count). The van der Waals surface area contributed by atoms with Crippen LogP contribution < -0.4 is 16.5 Å². The lowest BCUT2D eigenvalue weighted by molar-refractivity contribution is 0.0994. The minimum atomic E-state index is -1.53. The number of primary amides is 1. The number of fused-ring (bicyclic) bond motifs is 1. The molecule has 0 aliphatic rings. The molecule has 0 saturated heterocycles. The molecule has 10 nitrogen and oxygen atoms in total. The average Bonchev–Trinajstić information content (AvgIpc) is 3.21. The van der Waals surface area contributed by atoms with Crippen LogP contribution in [0.2, 0.25) is 0 Å². The van der Waals surface area contributed by atoms with E-state index in [4.69, 9.17) is 5.73 Å². The second kappa shape index (κ2) is 8.50. The number of nitrogens with two attached hydrogens (primary N) is 1. The van der Waals surface area contributed by atoms with Gasteiger partial charge in [0.1, 0.15) is 23.5 Å². The maximum atomic E-state index is 11.7. The van der Waals surface area contributed by atoms with Crippen molar-refractivity contribution in [2.75, 3.05) is 5.32 Å². The standard InChI is InChI=1S/C20H20BN7O3/c1-2-16-25-19(17-14-7-4-8-15(18(22)29)28(14)11-24-17)27-20(26-16)23-10-12-5-3-6-13(9-12)21(30)31/h3-9,11,30-31H,2,10H2,1H3,(H2,22,29)(H,23,25,26,27). The number of carbonyl (C=O) groups is 1. The Balaban J connectivity index is 1.67. The third-order valence-electron chi connectivity index (χ3n) is 4.73. The van der Waals surface area contributed by atoms with Crippen LogP contribution in [0.15, 0.2) is 48.8 Å². The maximum Gasteiger partial charge on any atom is 0.488 e. The molecule has 156 valence electrons. The van der Waals surface area contributed by atoms with Gasteiger partial charge in [0.25, 0.3) is 5.91 Å². The summed E-state index contributed by atoms with van der Waals surface area (Å²) in [5, 5.41) is 21.8. The predicted molar refractivity (Wildman–Crippen MR) is 116 cm³/mol. The molecule has 11 heteroatoms. The Morgan fingerprint density at radius 3 is 2.71 bits per heavy atom. The van der Waals surface area contributed by atoms with Crippen LogP contribution in [0, 0.1) is 0 Å². The fourth-order valence-corrected chi connectivity index (χ4v) is 3.20. The van der Waals surface area contributed by atoms with Crippen molar-refractivity contribution in [1.82, 2.24) is 24.3 Å². The first kappa shape index (κ1) is 20.4. The minimum absolute atomic E-state index is 0.310. The van der Waals surface area contributed by atoms with Crippen LogP contribution in [0.1, 0.15) is 28.8 Å². The number of imidazole rings is 1. The van der Waals surface area contributed by atoms with Gasteiger partial charge in [-0.25, -0.2) is 9.97 Å². The summed E-state index contributed by atoms with van der Waals surface area (Å²) in [7, 11) is -1.53. The highest BCUT2D eigenvalue weighted by molar-refractivity contribution is 6.58. The molecule has 4 aromatic rings. The zero-order valence-corrected chi connectivity index (χ0v) is 16.7. The molecule has 5 N–H and O–H groups in total. The summed E-state index contributed by atoms with van der Waals surface area (Å²) in [6, 6.07) is 12.1. The topological polar surface area (TPSA) is 152 Å². The highest BCUT2D eigenvalue weighted by atomic mass is 16.4. The van der Waals surface area contributed by atoms with Gasteiger partial charge in [-0.05, 0) is 23.2 Å². The molecule has 0 atom stereocenters. The van der Waals surface area contributed by atoms with Gasteiger partial charge in [-0.1, -0.05) is 37.3 Å². The Hall–Kier alpha value is -3.83. The summed E-state index contributed by atoms with van der Waals surface area (Å²) in [6.07, 6.45) is 2.10. The van der Waals surface area contributed by atoms with Gasteiger partial charge in [-0.2, -0.15) is 9.97 Å². The van der Waals surface area contributed by atoms with Crippen LogP contribution in [-0.2, 0) is 13.0 Å². The number of carbonyl (C=O) groups excluding carboxylic acids is 1. The van der Waals surface area contributed by atoms with Crippen molar-refractivity contribution in [3.05, 3.63) is 65.9 Å². The van der Waals surface area contributed by atoms with E-state index in [1.807, 2.05) is 19.1 Å². The summed E-state index contributed by atoms with van der Waals surface area (Å²) in [5.74, 6) is 0.762. The molecule has 0 bridgehead atoms. The maximum absolute atomic E-state index is 11.7. The fraction of sp³-hybridized carbons (Fsp3) is 0.150. The van der Waals surface area contributed by atoms with Crippen molar-refractivity contribution in [3.63, 3.8) is 0 Å². The smallest absolute Gasteiger partial charge is 0.423 e.